The summed E-state index contributed by atoms with van der Waals surface area (Å²) < 4.78 is 13.2. The summed E-state index contributed by atoms with van der Waals surface area (Å²) in [6.45, 7) is 2.77. The van der Waals surface area contributed by atoms with Gasteiger partial charge >= 0.3 is 0 Å². The van der Waals surface area contributed by atoms with E-state index in [0.717, 1.165) is 36.5 Å². The van der Waals surface area contributed by atoms with E-state index in [1.165, 1.54) is 12.1 Å². The average Bonchev–Trinajstić information content (AvgIpc) is 3.03. The van der Waals surface area contributed by atoms with Gasteiger partial charge in [0.1, 0.15) is 11.6 Å². The second-order valence-electron chi connectivity index (χ2n) is 6.13. The smallest absolute Gasteiger partial charge is 0.217 e. The first-order chi connectivity index (χ1) is 11.5. The van der Waals surface area contributed by atoms with Gasteiger partial charge in [0, 0.05) is 24.3 Å². The van der Waals surface area contributed by atoms with E-state index < -0.39 is 0 Å². The maximum absolute atomic E-state index is 13.2. The van der Waals surface area contributed by atoms with Crippen molar-refractivity contribution >= 4 is 11.6 Å². The summed E-state index contributed by atoms with van der Waals surface area (Å²) in [4.78, 5) is 22.2. The Morgan fingerprint density at radius 2 is 2.08 bits per heavy atom. The van der Waals surface area contributed by atoms with Gasteiger partial charge < -0.3 is 10.6 Å². The van der Waals surface area contributed by atoms with Crippen molar-refractivity contribution in [1.29, 1.82) is 0 Å². The monoisotopic (exact) mass is 328 g/mol. The number of rotatable bonds is 5. The van der Waals surface area contributed by atoms with Crippen molar-refractivity contribution in [2.75, 3.05) is 11.4 Å². The molecule has 1 amide bonds. The quantitative estimate of drug-likeness (QED) is 0.916. The van der Waals surface area contributed by atoms with Crippen LogP contribution in [0.3, 0.4) is 0 Å². The lowest BCUT2D eigenvalue weighted by atomic mass is 10.1. The standard InChI is InChI=1S/C18H21FN4O/c1-12-21-14(6-9-18(20)24)11-16(22-12)17-3-2-10-23(17)15-7-4-13(19)5-8-15/h4-5,7-8,11,17H,2-3,6,9-10H2,1H3,(H2,20,24). The number of aromatic nitrogens is 2. The zero-order valence-corrected chi connectivity index (χ0v) is 13.7. The number of aryl methyl sites for hydroxylation is 2. The van der Waals surface area contributed by atoms with Crippen LogP contribution in [-0.4, -0.2) is 22.4 Å². The van der Waals surface area contributed by atoms with Crippen LogP contribution >= 0.6 is 0 Å². The summed E-state index contributed by atoms with van der Waals surface area (Å²) in [5, 5.41) is 0. The van der Waals surface area contributed by atoms with Crippen molar-refractivity contribution in [3.8, 4) is 0 Å². The van der Waals surface area contributed by atoms with Gasteiger partial charge in [-0.05, 0) is 56.5 Å². The summed E-state index contributed by atoms with van der Waals surface area (Å²) >= 11 is 0. The topological polar surface area (TPSA) is 72.1 Å². The summed E-state index contributed by atoms with van der Waals surface area (Å²) in [5.41, 5.74) is 8.01. The minimum absolute atomic E-state index is 0.143. The Morgan fingerprint density at radius 3 is 2.79 bits per heavy atom. The van der Waals surface area contributed by atoms with Crippen LogP contribution in [0.15, 0.2) is 30.3 Å². The third kappa shape index (κ3) is 3.69. The number of benzene rings is 1. The number of carbonyl (C=O) groups excluding carboxylic acids is 1. The molecule has 2 heterocycles. The molecule has 5 nitrogen and oxygen atoms in total. The highest BCUT2D eigenvalue weighted by Gasteiger charge is 2.28. The van der Waals surface area contributed by atoms with Crippen molar-refractivity contribution < 1.29 is 9.18 Å². The van der Waals surface area contributed by atoms with Gasteiger partial charge in [0.25, 0.3) is 0 Å². The Hall–Kier alpha value is -2.50. The molecular formula is C18H21FN4O. The van der Waals surface area contributed by atoms with Crippen LogP contribution in [0.5, 0.6) is 0 Å². The maximum atomic E-state index is 13.2. The second-order valence-corrected chi connectivity index (χ2v) is 6.13. The molecule has 3 rings (SSSR count). The first kappa shape index (κ1) is 16.4. The fourth-order valence-corrected chi connectivity index (χ4v) is 3.22. The highest BCUT2D eigenvalue weighted by molar-refractivity contribution is 5.73. The molecule has 6 heteroatoms. The van der Waals surface area contributed by atoms with Crippen LogP contribution in [0.2, 0.25) is 0 Å². The fourth-order valence-electron chi connectivity index (χ4n) is 3.22. The lowest BCUT2D eigenvalue weighted by molar-refractivity contribution is -0.118. The molecule has 0 radical (unpaired) electrons. The molecule has 2 aromatic rings. The van der Waals surface area contributed by atoms with Gasteiger partial charge in [0.05, 0.1) is 11.7 Å². The van der Waals surface area contributed by atoms with Crippen LogP contribution in [0.25, 0.3) is 0 Å². The predicted octanol–water partition coefficient (Wildman–Crippen LogP) is 2.68. The molecule has 126 valence electrons. The molecule has 0 bridgehead atoms. The average molecular weight is 328 g/mol. The normalized spacial score (nSPS) is 17.2. The number of nitrogens with zero attached hydrogens (tertiary/aromatic N) is 3. The molecule has 1 aromatic carbocycles. The van der Waals surface area contributed by atoms with E-state index in [-0.39, 0.29) is 24.2 Å². The number of primary amides is 1. The molecule has 1 unspecified atom stereocenters. The number of carbonyl (C=O) groups is 1. The van der Waals surface area contributed by atoms with Crippen LogP contribution < -0.4 is 10.6 Å². The van der Waals surface area contributed by atoms with Crippen molar-refractivity contribution in [2.45, 2.75) is 38.6 Å². The van der Waals surface area contributed by atoms with Crippen LogP contribution in [0.1, 0.15) is 42.5 Å². The van der Waals surface area contributed by atoms with Gasteiger partial charge in [-0.25, -0.2) is 14.4 Å². The summed E-state index contributed by atoms with van der Waals surface area (Å²) in [6, 6.07) is 8.67. The van der Waals surface area contributed by atoms with Crippen LogP contribution in [-0.2, 0) is 11.2 Å². The van der Waals surface area contributed by atoms with Gasteiger partial charge in [0.15, 0.2) is 0 Å². The minimum atomic E-state index is -0.332. The zero-order chi connectivity index (χ0) is 17.1. The second kappa shape index (κ2) is 6.95. The predicted molar refractivity (Wildman–Crippen MR) is 90.0 cm³/mol. The lowest BCUT2D eigenvalue weighted by Crippen LogP contribution is -2.24. The van der Waals surface area contributed by atoms with Crippen molar-refractivity contribution in [3.05, 3.63) is 53.4 Å². The van der Waals surface area contributed by atoms with Crippen LogP contribution in [0.4, 0.5) is 10.1 Å². The van der Waals surface area contributed by atoms with Gasteiger partial charge in [-0.3, -0.25) is 4.79 Å². The van der Waals surface area contributed by atoms with Crippen molar-refractivity contribution in [1.82, 2.24) is 9.97 Å². The third-order valence-electron chi connectivity index (χ3n) is 4.29. The zero-order valence-electron chi connectivity index (χ0n) is 13.7. The van der Waals surface area contributed by atoms with Gasteiger partial charge in [-0.15, -0.1) is 0 Å². The van der Waals surface area contributed by atoms with E-state index in [4.69, 9.17) is 5.73 Å². The molecule has 1 aliphatic heterocycles. The molecule has 1 aromatic heterocycles. The lowest BCUT2D eigenvalue weighted by Gasteiger charge is -2.27. The highest BCUT2D eigenvalue weighted by Crippen LogP contribution is 2.35. The first-order valence-electron chi connectivity index (χ1n) is 8.18. The van der Waals surface area contributed by atoms with E-state index in [2.05, 4.69) is 14.9 Å². The number of hydrogen-bond donors (Lipinski definition) is 1. The maximum Gasteiger partial charge on any atom is 0.217 e. The largest absolute Gasteiger partial charge is 0.370 e. The molecule has 1 saturated heterocycles. The number of hydrogen-bond acceptors (Lipinski definition) is 4. The Labute approximate surface area is 140 Å². The first-order valence-corrected chi connectivity index (χ1v) is 8.18. The summed E-state index contributed by atoms with van der Waals surface area (Å²) in [7, 11) is 0. The molecule has 2 N–H and O–H groups in total. The number of nitrogens with two attached hydrogens (primary N) is 1. The number of anilines is 1. The molecule has 0 spiro atoms. The van der Waals surface area contributed by atoms with E-state index in [9.17, 15) is 9.18 Å². The number of amides is 1. The third-order valence-corrected chi connectivity index (χ3v) is 4.29. The SMILES string of the molecule is Cc1nc(CCC(N)=O)cc(C2CCCN2c2ccc(F)cc2)n1. The van der Waals surface area contributed by atoms with Gasteiger partial charge in [-0.1, -0.05) is 0 Å². The Kier molecular flexibility index (Phi) is 4.74. The Morgan fingerprint density at radius 1 is 1.33 bits per heavy atom. The molecule has 0 aliphatic carbocycles. The van der Waals surface area contributed by atoms with E-state index in [1.54, 1.807) is 12.1 Å². The van der Waals surface area contributed by atoms with E-state index in [0.29, 0.717) is 12.2 Å². The molecular weight excluding hydrogens is 307 g/mol. The van der Waals surface area contributed by atoms with E-state index >= 15 is 0 Å². The highest BCUT2D eigenvalue weighted by atomic mass is 19.1. The molecule has 1 fully saturated rings. The number of halogens is 1. The van der Waals surface area contributed by atoms with E-state index in [1.807, 2.05) is 13.0 Å². The van der Waals surface area contributed by atoms with Crippen molar-refractivity contribution in [2.24, 2.45) is 5.73 Å². The summed E-state index contributed by atoms with van der Waals surface area (Å²) in [5.74, 6) is 0.126. The van der Waals surface area contributed by atoms with Crippen molar-refractivity contribution in [3.63, 3.8) is 0 Å². The molecule has 0 saturated carbocycles. The summed E-state index contributed by atoms with van der Waals surface area (Å²) in [6.07, 6.45) is 2.85. The van der Waals surface area contributed by atoms with Gasteiger partial charge in [-0.2, -0.15) is 0 Å². The molecule has 24 heavy (non-hydrogen) atoms. The minimum Gasteiger partial charge on any atom is -0.370 e. The fraction of sp³-hybridized carbons (Fsp3) is 0.389. The molecule has 1 aliphatic rings. The Balaban J connectivity index is 1.86. The Bertz CT molecular complexity index is 732. The molecule has 1 atom stereocenters. The van der Waals surface area contributed by atoms with Crippen LogP contribution in [0, 0.1) is 12.7 Å². The van der Waals surface area contributed by atoms with Gasteiger partial charge in [0.2, 0.25) is 5.91 Å².